The maximum atomic E-state index is 11.8. The molecule has 0 aliphatic carbocycles. The summed E-state index contributed by atoms with van der Waals surface area (Å²) in [6, 6.07) is 8.93. The Bertz CT molecular complexity index is 754. The molecule has 0 saturated carbocycles. The molecule has 1 amide bonds. The smallest absolute Gasteiger partial charge is 0.315 e. The normalized spacial score (nSPS) is 10.2. The van der Waals surface area contributed by atoms with E-state index in [4.69, 9.17) is 32.7 Å². The third kappa shape index (κ3) is 5.55. The van der Waals surface area contributed by atoms with Crippen molar-refractivity contribution >= 4 is 40.8 Å². The van der Waals surface area contributed by atoms with Gasteiger partial charge < -0.3 is 19.9 Å². The number of hydrogen-bond donors (Lipinski definition) is 2. The molecule has 0 fully saturated rings. The molecular weight excluding hydrogens is 369 g/mol. The average molecular weight is 384 g/mol. The van der Waals surface area contributed by atoms with Crippen LogP contribution in [-0.2, 0) is 14.3 Å². The van der Waals surface area contributed by atoms with Gasteiger partial charge in [-0.25, -0.2) is 0 Å². The van der Waals surface area contributed by atoms with E-state index in [1.165, 1.54) is 24.3 Å². The number of benzene rings is 2. The van der Waals surface area contributed by atoms with Gasteiger partial charge in [-0.3, -0.25) is 9.59 Å². The minimum absolute atomic E-state index is 0.101. The number of anilines is 1. The highest BCUT2D eigenvalue weighted by Gasteiger charge is 2.14. The second-order valence-electron chi connectivity index (χ2n) is 4.89. The Morgan fingerprint density at radius 3 is 2.28 bits per heavy atom. The topological polar surface area (TPSA) is 84.9 Å². The van der Waals surface area contributed by atoms with Crippen LogP contribution in [0.5, 0.6) is 17.2 Å². The molecule has 0 unspecified atom stereocenters. The molecule has 2 N–H and O–H groups in total. The molecule has 0 aliphatic rings. The number of esters is 1. The number of aromatic hydroxyl groups is 1. The quantitative estimate of drug-likeness (QED) is 0.570. The van der Waals surface area contributed by atoms with Gasteiger partial charge in [0.15, 0.2) is 5.75 Å². The Balaban J connectivity index is 2.10. The van der Waals surface area contributed by atoms with Crippen molar-refractivity contribution in [3.05, 3.63) is 46.4 Å². The van der Waals surface area contributed by atoms with E-state index in [9.17, 15) is 14.7 Å². The van der Waals surface area contributed by atoms with E-state index in [-0.39, 0.29) is 28.2 Å². The van der Waals surface area contributed by atoms with E-state index in [1.807, 2.05) is 0 Å². The number of rotatable bonds is 6. The standard InChI is InChI=1S/C17H15Cl2NO5/c1-2-24-16(23)9-15(22)20-10-7-13(18)17(14(19)8-10)25-12-5-3-11(21)4-6-12/h3-8,21H,2,9H2,1H3,(H,20,22). The number of halogens is 2. The molecule has 132 valence electrons. The first-order valence-electron chi connectivity index (χ1n) is 7.30. The second-order valence-corrected chi connectivity index (χ2v) is 5.71. The van der Waals surface area contributed by atoms with Crippen LogP contribution in [0.1, 0.15) is 13.3 Å². The molecule has 0 spiro atoms. The maximum absolute atomic E-state index is 11.8. The molecular formula is C17H15Cl2NO5. The van der Waals surface area contributed by atoms with E-state index in [0.717, 1.165) is 0 Å². The number of carbonyl (C=O) groups is 2. The first-order valence-corrected chi connectivity index (χ1v) is 8.06. The first-order chi connectivity index (χ1) is 11.9. The summed E-state index contributed by atoms with van der Waals surface area (Å²) in [7, 11) is 0. The van der Waals surface area contributed by atoms with E-state index in [0.29, 0.717) is 11.4 Å². The van der Waals surface area contributed by atoms with Gasteiger partial charge in [-0.1, -0.05) is 23.2 Å². The third-order valence-corrected chi connectivity index (χ3v) is 3.51. The van der Waals surface area contributed by atoms with Crippen LogP contribution in [0.4, 0.5) is 5.69 Å². The highest BCUT2D eigenvalue weighted by molar-refractivity contribution is 6.37. The Hall–Kier alpha value is -2.44. The van der Waals surface area contributed by atoms with Crippen molar-refractivity contribution in [2.75, 3.05) is 11.9 Å². The Morgan fingerprint density at radius 1 is 1.12 bits per heavy atom. The summed E-state index contributed by atoms with van der Waals surface area (Å²) in [6.45, 7) is 1.86. The summed E-state index contributed by atoms with van der Waals surface area (Å²) in [5.41, 5.74) is 0.322. The number of ether oxygens (including phenoxy) is 2. The lowest BCUT2D eigenvalue weighted by molar-refractivity contribution is -0.145. The van der Waals surface area contributed by atoms with Gasteiger partial charge in [-0.2, -0.15) is 0 Å². The minimum Gasteiger partial charge on any atom is -0.508 e. The van der Waals surface area contributed by atoms with Gasteiger partial charge in [0.2, 0.25) is 5.91 Å². The van der Waals surface area contributed by atoms with Gasteiger partial charge in [-0.15, -0.1) is 0 Å². The molecule has 0 aliphatic heterocycles. The lowest BCUT2D eigenvalue weighted by Gasteiger charge is -2.12. The predicted octanol–water partition coefficient (Wildman–Crippen LogP) is 4.38. The minimum atomic E-state index is -0.621. The van der Waals surface area contributed by atoms with Gasteiger partial charge in [0.25, 0.3) is 0 Å². The zero-order valence-corrected chi connectivity index (χ0v) is 14.7. The molecule has 8 heteroatoms. The maximum Gasteiger partial charge on any atom is 0.315 e. The summed E-state index contributed by atoms with van der Waals surface area (Å²) >= 11 is 12.3. The molecule has 0 aromatic heterocycles. The fourth-order valence-corrected chi connectivity index (χ4v) is 2.47. The molecule has 2 aromatic carbocycles. The Morgan fingerprint density at radius 2 is 1.72 bits per heavy atom. The molecule has 0 bridgehead atoms. The second kappa shape index (κ2) is 8.60. The van der Waals surface area contributed by atoms with Gasteiger partial charge in [0, 0.05) is 5.69 Å². The van der Waals surface area contributed by atoms with Crippen molar-refractivity contribution in [2.24, 2.45) is 0 Å². The Kier molecular flexibility index (Phi) is 6.50. The molecule has 0 atom stereocenters. The Labute approximate surface area is 154 Å². The zero-order chi connectivity index (χ0) is 18.4. The van der Waals surface area contributed by atoms with E-state index >= 15 is 0 Å². The summed E-state index contributed by atoms with van der Waals surface area (Å²) in [5, 5.41) is 12.1. The van der Waals surface area contributed by atoms with Crippen molar-refractivity contribution < 1.29 is 24.2 Å². The summed E-state index contributed by atoms with van der Waals surface area (Å²) in [4.78, 5) is 23.1. The fraction of sp³-hybridized carbons (Fsp3) is 0.176. The number of phenolic OH excluding ortho intramolecular Hbond substituents is 1. The van der Waals surface area contributed by atoms with E-state index in [2.05, 4.69) is 5.32 Å². The molecule has 2 aromatic rings. The van der Waals surface area contributed by atoms with Crippen LogP contribution in [0, 0.1) is 0 Å². The molecule has 6 nitrogen and oxygen atoms in total. The lowest BCUT2D eigenvalue weighted by Crippen LogP contribution is -2.18. The van der Waals surface area contributed by atoms with Crippen LogP contribution < -0.4 is 10.1 Å². The number of amides is 1. The van der Waals surface area contributed by atoms with Crippen LogP contribution in [0.3, 0.4) is 0 Å². The number of nitrogens with one attached hydrogen (secondary N) is 1. The monoisotopic (exact) mass is 383 g/mol. The van der Waals surface area contributed by atoms with Crippen LogP contribution in [0.25, 0.3) is 0 Å². The highest BCUT2D eigenvalue weighted by Crippen LogP contribution is 2.39. The molecule has 25 heavy (non-hydrogen) atoms. The third-order valence-electron chi connectivity index (χ3n) is 2.95. The van der Waals surface area contributed by atoms with Crippen molar-refractivity contribution in [3.8, 4) is 17.2 Å². The number of phenols is 1. The summed E-state index contributed by atoms with van der Waals surface area (Å²) in [5.74, 6) is -0.426. The van der Waals surface area contributed by atoms with Crippen LogP contribution in [-0.4, -0.2) is 23.6 Å². The van der Waals surface area contributed by atoms with Crippen molar-refractivity contribution in [1.29, 1.82) is 0 Å². The molecule has 0 heterocycles. The van der Waals surface area contributed by atoms with Crippen molar-refractivity contribution in [2.45, 2.75) is 13.3 Å². The van der Waals surface area contributed by atoms with Crippen LogP contribution >= 0.6 is 23.2 Å². The summed E-state index contributed by atoms with van der Waals surface area (Å²) < 4.78 is 10.3. The highest BCUT2D eigenvalue weighted by atomic mass is 35.5. The average Bonchev–Trinajstić information content (AvgIpc) is 2.52. The molecule has 2 rings (SSSR count). The van der Waals surface area contributed by atoms with Crippen molar-refractivity contribution in [1.82, 2.24) is 0 Å². The molecule has 0 saturated heterocycles. The molecule has 0 radical (unpaired) electrons. The largest absolute Gasteiger partial charge is 0.508 e. The number of hydrogen-bond acceptors (Lipinski definition) is 5. The van der Waals surface area contributed by atoms with Crippen LogP contribution in [0.2, 0.25) is 10.0 Å². The van der Waals surface area contributed by atoms with Gasteiger partial charge in [0.05, 0.1) is 16.7 Å². The fourth-order valence-electron chi connectivity index (χ4n) is 1.91. The van der Waals surface area contributed by atoms with Gasteiger partial charge in [-0.05, 0) is 43.3 Å². The lowest BCUT2D eigenvalue weighted by atomic mass is 10.2. The van der Waals surface area contributed by atoms with E-state index < -0.39 is 18.3 Å². The van der Waals surface area contributed by atoms with E-state index in [1.54, 1.807) is 19.1 Å². The zero-order valence-electron chi connectivity index (χ0n) is 13.2. The van der Waals surface area contributed by atoms with Crippen molar-refractivity contribution in [3.63, 3.8) is 0 Å². The first kappa shape index (κ1) is 18.9. The van der Waals surface area contributed by atoms with Gasteiger partial charge >= 0.3 is 5.97 Å². The number of carbonyl (C=O) groups excluding carboxylic acids is 2. The summed E-state index contributed by atoms with van der Waals surface area (Å²) in [6.07, 6.45) is -0.408. The van der Waals surface area contributed by atoms with Gasteiger partial charge in [0.1, 0.15) is 17.9 Å². The van der Waals surface area contributed by atoms with Crippen LogP contribution in [0.15, 0.2) is 36.4 Å². The predicted molar refractivity (Wildman–Crippen MR) is 94.5 cm³/mol. The SMILES string of the molecule is CCOC(=O)CC(=O)Nc1cc(Cl)c(Oc2ccc(O)cc2)c(Cl)c1.